The van der Waals surface area contributed by atoms with Crippen molar-refractivity contribution < 1.29 is 9.53 Å². The van der Waals surface area contributed by atoms with Gasteiger partial charge in [-0.3, -0.25) is 0 Å². The number of hydrogen-bond acceptors (Lipinski definition) is 4. The van der Waals surface area contributed by atoms with Crippen LogP contribution in [-0.2, 0) is 4.74 Å². The highest BCUT2D eigenvalue weighted by atomic mass is 16.6. The SMILES string of the molecule is CCC(CNCC1CCCN(C)C1)NC(=O)OC(C)(C)C. The summed E-state index contributed by atoms with van der Waals surface area (Å²) in [6.45, 7) is 11.9. The Morgan fingerprint density at radius 3 is 2.71 bits per heavy atom. The molecule has 2 N–H and O–H groups in total. The Bertz CT molecular complexity index is 315. The van der Waals surface area contributed by atoms with E-state index in [4.69, 9.17) is 4.74 Å². The van der Waals surface area contributed by atoms with Crippen molar-refractivity contribution >= 4 is 6.09 Å². The molecule has 5 heteroatoms. The quantitative estimate of drug-likeness (QED) is 0.789. The molecule has 0 aromatic rings. The van der Waals surface area contributed by atoms with Crippen molar-refractivity contribution in [1.82, 2.24) is 15.5 Å². The van der Waals surface area contributed by atoms with Crippen molar-refractivity contribution in [3.05, 3.63) is 0 Å². The van der Waals surface area contributed by atoms with Crippen LogP contribution in [0.5, 0.6) is 0 Å². The fourth-order valence-electron chi connectivity index (χ4n) is 2.67. The summed E-state index contributed by atoms with van der Waals surface area (Å²) >= 11 is 0. The van der Waals surface area contributed by atoms with Crippen molar-refractivity contribution in [1.29, 1.82) is 0 Å². The molecule has 2 unspecified atom stereocenters. The number of carbonyl (C=O) groups is 1. The van der Waals surface area contributed by atoms with Crippen molar-refractivity contribution in [3.63, 3.8) is 0 Å². The Morgan fingerprint density at radius 2 is 2.14 bits per heavy atom. The average Bonchev–Trinajstić information content (AvgIpc) is 2.35. The van der Waals surface area contributed by atoms with E-state index in [1.807, 2.05) is 20.8 Å². The molecular formula is C16H33N3O2. The number of rotatable bonds is 6. The molecule has 0 spiro atoms. The van der Waals surface area contributed by atoms with Crippen molar-refractivity contribution in [3.8, 4) is 0 Å². The summed E-state index contributed by atoms with van der Waals surface area (Å²) in [4.78, 5) is 14.2. The summed E-state index contributed by atoms with van der Waals surface area (Å²) in [7, 11) is 2.19. The first-order valence-corrected chi connectivity index (χ1v) is 8.19. The van der Waals surface area contributed by atoms with Crippen molar-refractivity contribution in [2.75, 3.05) is 33.2 Å². The lowest BCUT2D eigenvalue weighted by Crippen LogP contribution is -2.45. The summed E-state index contributed by atoms with van der Waals surface area (Å²) in [6, 6.07) is 0.126. The molecule has 0 aromatic heterocycles. The van der Waals surface area contributed by atoms with Gasteiger partial charge in [0.15, 0.2) is 0 Å². The Labute approximate surface area is 129 Å². The number of piperidine rings is 1. The Balaban J connectivity index is 2.23. The van der Waals surface area contributed by atoms with E-state index in [0.29, 0.717) is 0 Å². The van der Waals surface area contributed by atoms with E-state index in [1.165, 1.54) is 25.9 Å². The average molecular weight is 299 g/mol. The van der Waals surface area contributed by atoms with Crippen LogP contribution in [0.3, 0.4) is 0 Å². The van der Waals surface area contributed by atoms with Crippen molar-refractivity contribution in [2.45, 2.75) is 58.6 Å². The lowest BCUT2D eigenvalue weighted by atomic mass is 9.98. The summed E-state index contributed by atoms with van der Waals surface area (Å²) in [5.74, 6) is 0.725. The molecule has 21 heavy (non-hydrogen) atoms. The molecule has 124 valence electrons. The van der Waals surface area contributed by atoms with Gasteiger partial charge in [0.2, 0.25) is 0 Å². The van der Waals surface area contributed by atoms with Crippen molar-refractivity contribution in [2.24, 2.45) is 5.92 Å². The number of carbonyl (C=O) groups excluding carboxylic acids is 1. The lowest BCUT2D eigenvalue weighted by Gasteiger charge is -2.30. The Hall–Kier alpha value is -0.810. The third-order valence-electron chi connectivity index (χ3n) is 3.76. The third-order valence-corrected chi connectivity index (χ3v) is 3.76. The molecular weight excluding hydrogens is 266 g/mol. The zero-order valence-corrected chi connectivity index (χ0v) is 14.4. The predicted molar refractivity (Wildman–Crippen MR) is 86.5 cm³/mol. The predicted octanol–water partition coefficient (Wildman–Crippen LogP) is 2.22. The van der Waals surface area contributed by atoms with Crippen LogP contribution in [0.1, 0.15) is 47.0 Å². The number of amides is 1. The van der Waals surface area contributed by atoms with Gasteiger partial charge in [0, 0.05) is 19.1 Å². The standard InChI is InChI=1S/C16H33N3O2/c1-6-14(18-15(20)21-16(2,3)4)11-17-10-13-8-7-9-19(5)12-13/h13-14,17H,6-12H2,1-5H3,(H,18,20). The number of likely N-dealkylation sites (tertiary alicyclic amines) is 1. The Kier molecular flexibility index (Phi) is 7.46. The van der Waals surface area contributed by atoms with E-state index in [1.54, 1.807) is 0 Å². The molecule has 1 fully saturated rings. The van der Waals surface area contributed by atoms with Gasteiger partial charge in [-0.1, -0.05) is 6.92 Å². The molecule has 1 aliphatic rings. The van der Waals surface area contributed by atoms with Crippen LogP contribution in [0.25, 0.3) is 0 Å². The second-order valence-corrected chi connectivity index (χ2v) is 7.18. The van der Waals surface area contributed by atoms with E-state index in [9.17, 15) is 4.79 Å². The minimum Gasteiger partial charge on any atom is -0.444 e. The van der Waals surface area contributed by atoms with E-state index in [0.717, 1.165) is 25.4 Å². The van der Waals surface area contributed by atoms with Gasteiger partial charge < -0.3 is 20.3 Å². The van der Waals surface area contributed by atoms with Crippen LogP contribution >= 0.6 is 0 Å². The summed E-state index contributed by atoms with van der Waals surface area (Å²) in [6.07, 6.45) is 3.16. The molecule has 1 aliphatic heterocycles. The molecule has 1 rings (SSSR count). The maximum absolute atomic E-state index is 11.8. The van der Waals surface area contributed by atoms with Gasteiger partial charge in [0.05, 0.1) is 0 Å². The lowest BCUT2D eigenvalue weighted by molar-refractivity contribution is 0.0502. The van der Waals surface area contributed by atoms with Crippen LogP contribution < -0.4 is 10.6 Å². The second-order valence-electron chi connectivity index (χ2n) is 7.18. The van der Waals surface area contributed by atoms with E-state index >= 15 is 0 Å². The fourth-order valence-corrected chi connectivity index (χ4v) is 2.67. The highest BCUT2D eigenvalue weighted by Gasteiger charge is 2.20. The summed E-state index contributed by atoms with van der Waals surface area (Å²) in [5, 5.41) is 6.43. The van der Waals surface area contributed by atoms with E-state index in [-0.39, 0.29) is 12.1 Å². The number of alkyl carbamates (subject to hydrolysis) is 1. The third kappa shape index (κ3) is 8.27. The first kappa shape index (κ1) is 18.2. The highest BCUT2D eigenvalue weighted by molar-refractivity contribution is 5.68. The highest BCUT2D eigenvalue weighted by Crippen LogP contribution is 2.13. The van der Waals surface area contributed by atoms with E-state index < -0.39 is 5.60 Å². The molecule has 0 aromatic carbocycles. The monoisotopic (exact) mass is 299 g/mol. The molecule has 0 saturated carbocycles. The minimum absolute atomic E-state index is 0.126. The van der Waals surface area contributed by atoms with Gasteiger partial charge in [-0.15, -0.1) is 0 Å². The summed E-state index contributed by atoms with van der Waals surface area (Å²) < 4.78 is 5.30. The zero-order chi connectivity index (χ0) is 15.9. The second kappa shape index (κ2) is 8.59. The maximum Gasteiger partial charge on any atom is 0.407 e. The summed E-state index contributed by atoms with van der Waals surface area (Å²) in [5.41, 5.74) is -0.442. The first-order chi connectivity index (χ1) is 9.80. The van der Waals surface area contributed by atoms with Crippen LogP contribution in [0.4, 0.5) is 4.79 Å². The topological polar surface area (TPSA) is 53.6 Å². The number of hydrogen-bond donors (Lipinski definition) is 2. The van der Waals surface area contributed by atoms with Crippen LogP contribution in [0, 0.1) is 5.92 Å². The van der Waals surface area contributed by atoms with Gasteiger partial charge in [0.25, 0.3) is 0 Å². The van der Waals surface area contributed by atoms with Gasteiger partial charge in [-0.05, 0) is 66.1 Å². The first-order valence-electron chi connectivity index (χ1n) is 8.19. The molecule has 2 atom stereocenters. The fraction of sp³-hybridized carbons (Fsp3) is 0.938. The molecule has 0 bridgehead atoms. The normalized spacial score (nSPS) is 21.9. The number of nitrogens with zero attached hydrogens (tertiary/aromatic N) is 1. The maximum atomic E-state index is 11.8. The molecule has 0 aliphatic carbocycles. The van der Waals surface area contributed by atoms with Gasteiger partial charge >= 0.3 is 6.09 Å². The molecule has 5 nitrogen and oxygen atoms in total. The van der Waals surface area contributed by atoms with Gasteiger partial charge in [-0.2, -0.15) is 0 Å². The number of nitrogens with one attached hydrogen (secondary N) is 2. The Morgan fingerprint density at radius 1 is 1.43 bits per heavy atom. The minimum atomic E-state index is -0.442. The van der Waals surface area contributed by atoms with Crippen LogP contribution in [0.2, 0.25) is 0 Å². The van der Waals surface area contributed by atoms with Gasteiger partial charge in [0.1, 0.15) is 5.60 Å². The zero-order valence-electron chi connectivity index (χ0n) is 14.4. The number of ether oxygens (including phenoxy) is 1. The molecule has 1 saturated heterocycles. The van der Waals surface area contributed by atoms with Crippen LogP contribution in [-0.4, -0.2) is 55.9 Å². The smallest absolute Gasteiger partial charge is 0.407 e. The van der Waals surface area contributed by atoms with E-state index in [2.05, 4.69) is 29.5 Å². The molecule has 1 heterocycles. The van der Waals surface area contributed by atoms with Gasteiger partial charge in [-0.25, -0.2) is 4.79 Å². The van der Waals surface area contributed by atoms with Crippen LogP contribution in [0.15, 0.2) is 0 Å². The largest absolute Gasteiger partial charge is 0.444 e. The molecule has 0 radical (unpaired) electrons. The molecule has 1 amide bonds.